The van der Waals surface area contributed by atoms with Crippen molar-refractivity contribution in [3.63, 3.8) is 0 Å². The first-order chi connectivity index (χ1) is 27.4. The van der Waals surface area contributed by atoms with Gasteiger partial charge in [0.1, 0.15) is 11.6 Å². The number of halogens is 4. The molecular weight excluding hydrogens is 871 g/mol. The molecule has 0 aliphatic carbocycles. The third kappa shape index (κ3) is 7.79. The molecule has 5 aliphatic rings. The Balaban J connectivity index is 1.08. The topological polar surface area (TPSA) is 132 Å². The predicted octanol–water partition coefficient (Wildman–Crippen LogP) is 11.2. The van der Waals surface area contributed by atoms with Gasteiger partial charge in [-0.2, -0.15) is 0 Å². The summed E-state index contributed by atoms with van der Waals surface area (Å²) in [7, 11) is -5.51. The van der Waals surface area contributed by atoms with E-state index in [0.29, 0.717) is 44.8 Å². The number of ether oxygens (including phenoxy) is 1. The predicted molar refractivity (Wildman–Crippen MR) is 221 cm³/mol. The SMILES string of the molecule is CC1=C(C(=O)OCCCN2CCN(C(c3ccc(F)cc3)c3ccc(F)cc3)CC2)C(c2cccc(Cl)c2Cl)C(P(=O)(P=O)P2(=O)CC(C)(C)C3OP2(=O)O3)=C(C)N1. The van der Waals surface area contributed by atoms with Crippen LogP contribution in [0.1, 0.15) is 62.8 Å². The van der Waals surface area contributed by atoms with Crippen molar-refractivity contribution >= 4 is 57.6 Å². The van der Waals surface area contributed by atoms with E-state index in [1.54, 1.807) is 64.1 Å². The Morgan fingerprint density at radius 3 is 2.12 bits per heavy atom. The highest BCUT2D eigenvalue weighted by Crippen LogP contribution is 3.11. The van der Waals surface area contributed by atoms with Crippen molar-refractivity contribution in [3.8, 4) is 0 Å². The van der Waals surface area contributed by atoms with E-state index in [1.165, 1.54) is 30.3 Å². The van der Waals surface area contributed by atoms with Crippen LogP contribution in [0.15, 0.2) is 89.0 Å². The maximum Gasteiger partial charge on any atom is 0.398 e. The second kappa shape index (κ2) is 16.7. The van der Waals surface area contributed by atoms with Gasteiger partial charge in [0.25, 0.3) is 13.0 Å². The monoisotopic (exact) mass is 913 g/mol. The van der Waals surface area contributed by atoms with Gasteiger partial charge in [0.15, 0.2) is 6.29 Å². The number of nitrogens with zero attached hydrogens (tertiary/aromatic N) is 2. The molecule has 0 aromatic heterocycles. The maximum atomic E-state index is 15.4. The summed E-state index contributed by atoms with van der Waals surface area (Å²) in [4.78, 5) is 18.7. The zero-order chi connectivity index (χ0) is 41.8. The van der Waals surface area contributed by atoms with Crippen molar-refractivity contribution in [3.05, 3.63) is 127 Å². The molecule has 2 bridgehead atoms. The van der Waals surface area contributed by atoms with Gasteiger partial charge in [-0.15, -0.1) is 0 Å². The molecule has 3 atom stereocenters. The van der Waals surface area contributed by atoms with Gasteiger partial charge in [0.05, 0.1) is 34.2 Å². The minimum absolute atomic E-state index is 0.00985. The van der Waals surface area contributed by atoms with Crippen molar-refractivity contribution in [2.24, 2.45) is 5.41 Å². The summed E-state index contributed by atoms with van der Waals surface area (Å²) in [6.07, 6.45) is -0.779. The minimum Gasteiger partial charge on any atom is -0.462 e. The van der Waals surface area contributed by atoms with E-state index in [9.17, 15) is 22.7 Å². The second-order valence-corrected chi connectivity index (χ2v) is 32.2. The van der Waals surface area contributed by atoms with Crippen LogP contribution < -0.4 is 5.32 Å². The van der Waals surface area contributed by atoms with Crippen LogP contribution in [0.3, 0.4) is 0 Å². The Morgan fingerprint density at radius 1 is 0.966 bits per heavy atom. The summed E-state index contributed by atoms with van der Waals surface area (Å²) in [6, 6.07) is 17.2. The van der Waals surface area contributed by atoms with E-state index >= 15 is 9.13 Å². The molecule has 310 valence electrons. The summed E-state index contributed by atoms with van der Waals surface area (Å²) >= 11 is 13.2. The lowest BCUT2D eigenvalue weighted by atomic mass is 9.86. The Hall–Kier alpha value is -2.52. The highest BCUT2D eigenvalue weighted by molar-refractivity contribution is 8.78. The second-order valence-electron chi connectivity index (χ2n) is 15.6. The smallest absolute Gasteiger partial charge is 0.398 e. The van der Waals surface area contributed by atoms with Gasteiger partial charge < -0.3 is 19.5 Å². The first-order valence-electron chi connectivity index (χ1n) is 18.7. The standard InChI is InChI=1S/C39H43Cl2F2N3O8P4/c1-24-32(37(47)52-22-6-17-45-18-20-46(21-19-45)35(26-9-13-28(42)14-10-26)27-11-15-29(43)16-12-27)33(30-7-5-8-31(40)34(30)41)36(25(2)44-24)57(50,55-48)56(49)23-39(3,4)38-53-58(56,51)54-38/h5,7-16,33,35,38,44H,6,17-23H2,1-4H3. The Bertz CT molecular complexity index is 2280. The summed E-state index contributed by atoms with van der Waals surface area (Å²) in [5, 5.41) is 3.06. The number of dihydropyridines is 1. The van der Waals surface area contributed by atoms with E-state index in [-0.39, 0.29) is 62.6 Å². The first kappa shape index (κ1) is 43.6. The molecule has 0 amide bonds. The molecule has 5 aliphatic heterocycles. The van der Waals surface area contributed by atoms with Crippen LogP contribution in [0, 0.1) is 17.0 Å². The Kier molecular flexibility index (Phi) is 12.6. The van der Waals surface area contributed by atoms with Crippen LogP contribution in [-0.4, -0.2) is 67.6 Å². The molecule has 5 heterocycles. The first-order valence-corrected chi connectivity index (χ1v) is 27.5. The summed E-state index contributed by atoms with van der Waals surface area (Å²) in [5.74, 6) is -2.75. The lowest BCUT2D eigenvalue weighted by Gasteiger charge is -2.53. The third-order valence-electron chi connectivity index (χ3n) is 11.2. The average molecular weight is 915 g/mol. The van der Waals surface area contributed by atoms with Crippen molar-refractivity contribution in [2.75, 3.05) is 45.5 Å². The maximum absolute atomic E-state index is 15.4. The fraction of sp³-hybridized carbons (Fsp3) is 0.410. The highest BCUT2D eigenvalue weighted by atomic mass is 35.5. The molecule has 3 unspecified atom stereocenters. The van der Waals surface area contributed by atoms with E-state index in [1.807, 2.05) is 0 Å². The van der Waals surface area contributed by atoms with Crippen LogP contribution in [0.4, 0.5) is 8.78 Å². The van der Waals surface area contributed by atoms with Gasteiger partial charge in [-0.1, -0.05) is 73.4 Å². The van der Waals surface area contributed by atoms with Crippen LogP contribution >= 0.6 is 51.7 Å². The average Bonchev–Trinajstić information content (AvgIpc) is 3.17. The van der Waals surface area contributed by atoms with E-state index in [4.69, 9.17) is 37.0 Å². The number of nitrogens with one attached hydrogen (secondary N) is 1. The fourth-order valence-corrected chi connectivity index (χ4v) is 31.7. The van der Waals surface area contributed by atoms with Crippen LogP contribution in [0.25, 0.3) is 0 Å². The summed E-state index contributed by atoms with van der Waals surface area (Å²) < 4.78 is 102. The molecule has 0 spiro atoms. The zero-order valence-electron chi connectivity index (χ0n) is 32.2. The van der Waals surface area contributed by atoms with Crippen LogP contribution in [-0.2, 0) is 36.8 Å². The molecule has 8 rings (SSSR count). The van der Waals surface area contributed by atoms with E-state index < -0.39 is 52.1 Å². The third-order valence-corrected chi connectivity index (χ3v) is 34.2. The molecule has 0 radical (unpaired) electrons. The normalized spacial score (nSPS) is 27.3. The molecule has 11 nitrogen and oxygen atoms in total. The van der Waals surface area contributed by atoms with Gasteiger partial charge in [0.2, 0.25) is 8.15 Å². The number of allylic oxidation sites excluding steroid dienone is 3. The van der Waals surface area contributed by atoms with Crippen molar-refractivity contribution < 1.29 is 45.6 Å². The van der Waals surface area contributed by atoms with Crippen LogP contribution in [0.2, 0.25) is 10.0 Å². The number of carbonyl (C=O) groups excluding carboxylic acids is 1. The van der Waals surface area contributed by atoms with Gasteiger partial charge >= 0.3 is 13.3 Å². The molecule has 3 aromatic rings. The largest absolute Gasteiger partial charge is 0.462 e. The van der Waals surface area contributed by atoms with Crippen molar-refractivity contribution in [1.82, 2.24) is 15.1 Å². The quantitative estimate of drug-likeness (QED) is 0.106. The number of carbonyl (C=O) groups is 1. The van der Waals surface area contributed by atoms with Crippen LogP contribution in [0.5, 0.6) is 0 Å². The molecule has 4 saturated heterocycles. The fourth-order valence-electron chi connectivity index (χ4n) is 8.25. The number of esters is 1. The number of benzene rings is 3. The van der Waals surface area contributed by atoms with Gasteiger partial charge in [-0.05, 0) is 67.3 Å². The Labute approximate surface area is 347 Å². The van der Waals surface area contributed by atoms with Crippen molar-refractivity contribution in [1.29, 1.82) is 0 Å². The minimum atomic E-state index is -4.76. The Morgan fingerprint density at radius 2 is 1.55 bits per heavy atom. The number of piperazine rings is 1. The van der Waals surface area contributed by atoms with Gasteiger partial charge in [0, 0.05) is 61.0 Å². The molecular formula is C39H43Cl2F2N3O8P4. The number of hydrogen-bond acceptors (Lipinski definition) is 11. The number of hydrogen-bond donors (Lipinski definition) is 1. The zero-order valence-corrected chi connectivity index (χ0v) is 37.3. The molecule has 3 aromatic carbocycles. The molecule has 58 heavy (non-hydrogen) atoms. The summed E-state index contributed by atoms with van der Waals surface area (Å²) in [5.41, 5.74) is 1.57. The van der Waals surface area contributed by atoms with Crippen molar-refractivity contribution in [2.45, 2.75) is 52.4 Å². The highest BCUT2D eigenvalue weighted by Gasteiger charge is 2.75. The number of fused-ring (bicyclic) bond motifs is 2. The van der Waals surface area contributed by atoms with E-state index in [2.05, 4.69) is 15.1 Å². The lowest BCUT2D eigenvalue weighted by Crippen LogP contribution is -2.48. The molecule has 19 heteroatoms. The molecule has 1 N–H and O–H groups in total. The van der Waals surface area contributed by atoms with Gasteiger partial charge in [-0.25, -0.2) is 13.6 Å². The number of rotatable bonds is 12. The lowest BCUT2D eigenvalue weighted by molar-refractivity contribution is -0.151. The molecule has 0 saturated carbocycles. The van der Waals surface area contributed by atoms with E-state index in [0.717, 1.165) is 11.1 Å². The van der Waals surface area contributed by atoms with Gasteiger partial charge in [-0.3, -0.25) is 27.6 Å². The summed E-state index contributed by atoms with van der Waals surface area (Å²) in [6.45, 7) is 0.535. The molecule has 4 fully saturated rings.